The van der Waals surface area contributed by atoms with Crippen molar-refractivity contribution in [3.05, 3.63) is 212 Å². The molecule has 0 saturated carbocycles. The molecule has 0 radical (unpaired) electrons. The SMILES string of the molecule is [2H]c1cc([2H])c2sc3c(-c4cccc(-c5nc(-c6ccccc6)nc(-c6cccc7c6c6ccccc6n7-c6ccccc6)n5)c4-n4c5ccccc5c5ccccc54)c([2H])c([2H])c([2H])c3c2c1[2H]. The number of aromatic nitrogens is 5. The first kappa shape index (κ1) is 29.9. The van der Waals surface area contributed by atoms with Crippen LogP contribution in [0.4, 0.5) is 0 Å². The number of hydrogen-bond donors (Lipinski definition) is 0. The third kappa shape index (κ3) is 5.52. The largest absolute Gasteiger partial charge is 0.309 e. The van der Waals surface area contributed by atoms with E-state index in [9.17, 15) is 4.11 Å². The second-order valence-electron chi connectivity index (χ2n) is 15.4. The van der Waals surface area contributed by atoms with E-state index in [1.54, 1.807) is 0 Å². The van der Waals surface area contributed by atoms with E-state index >= 15 is 0 Å². The fourth-order valence-corrected chi connectivity index (χ4v) is 10.4. The molecule has 0 aliphatic carbocycles. The average Bonchev–Trinajstić information content (AvgIpc) is 4.07. The summed E-state index contributed by atoms with van der Waals surface area (Å²) in [6, 6.07) is 57.5. The van der Waals surface area contributed by atoms with Gasteiger partial charge in [-0.3, -0.25) is 0 Å². The molecule has 9 aromatic carbocycles. The van der Waals surface area contributed by atoms with Gasteiger partial charge in [-0.2, -0.15) is 0 Å². The first-order chi connectivity index (χ1) is 33.8. The summed E-state index contributed by atoms with van der Waals surface area (Å²) in [5.74, 6) is 1.32. The predicted molar refractivity (Wildman–Crippen MR) is 263 cm³/mol. The van der Waals surface area contributed by atoms with Crippen LogP contribution in [0.3, 0.4) is 0 Å². The molecule has 0 aliphatic rings. The van der Waals surface area contributed by atoms with Crippen LogP contribution in [0, 0.1) is 0 Å². The van der Waals surface area contributed by atoms with Crippen molar-refractivity contribution >= 4 is 75.1 Å². The molecule has 0 spiro atoms. The van der Waals surface area contributed by atoms with Gasteiger partial charge in [-0.1, -0.05) is 164 Å². The molecule has 0 atom stereocenters. The van der Waals surface area contributed by atoms with Crippen molar-refractivity contribution in [2.75, 3.05) is 0 Å². The Labute approximate surface area is 374 Å². The highest BCUT2D eigenvalue weighted by Crippen LogP contribution is 2.46. The van der Waals surface area contributed by atoms with Crippen molar-refractivity contribution in [1.82, 2.24) is 24.1 Å². The Morgan fingerprint density at radius 2 is 0.952 bits per heavy atom. The van der Waals surface area contributed by atoms with E-state index in [1.165, 1.54) is 17.4 Å². The van der Waals surface area contributed by atoms with Crippen molar-refractivity contribution in [2.45, 2.75) is 0 Å². The van der Waals surface area contributed by atoms with Crippen LogP contribution in [0.15, 0.2) is 212 Å². The maximum Gasteiger partial charge on any atom is 0.166 e. The summed E-state index contributed by atoms with van der Waals surface area (Å²) in [6.45, 7) is 0. The Kier molecular flexibility index (Phi) is 6.75. The average molecular weight is 828 g/mol. The minimum Gasteiger partial charge on any atom is -0.309 e. The molecule has 13 rings (SSSR count). The topological polar surface area (TPSA) is 48.5 Å². The number of para-hydroxylation sites is 5. The van der Waals surface area contributed by atoms with Gasteiger partial charge >= 0.3 is 0 Å². The van der Waals surface area contributed by atoms with Gasteiger partial charge in [0, 0.05) is 75.2 Å². The minimum absolute atomic E-state index is 0.0556. The molecule has 0 bridgehead atoms. The van der Waals surface area contributed by atoms with E-state index < -0.39 is 0 Å². The van der Waals surface area contributed by atoms with E-state index in [2.05, 4.69) is 81.9 Å². The monoisotopic (exact) mass is 827 g/mol. The summed E-state index contributed by atoms with van der Waals surface area (Å²) in [5.41, 5.74) is 8.73. The fraction of sp³-hybridized carbons (Fsp3) is 0. The normalized spacial score (nSPS) is 13.1. The highest BCUT2D eigenvalue weighted by Gasteiger charge is 2.25. The molecule has 6 heteroatoms. The predicted octanol–water partition coefficient (Wildman–Crippen LogP) is 15.1. The van der Waals surface area contributed by atoms with Crippen molar-refractivity contribution in [3.8, 4) is 56.7 Å². The van der Waals surface area contributed by atoms with Gasteiger partial charge in [0.2, 0.25) is 0 Å². The number of hydrogen-bond acceptors (Lipinski definition) is 4. The quantitative estimate of drug-likeness (QED) is 0.168. The Hall–Kier alpha value is -8.19. The van der Waals surface area contributed by atoms with Crippen LogP contribution in [0.2, 0.25) is 0 Å². The molecule has 0 amide bonds. The maximum atomic E-state index is 9.72. The van der Waals surface area contributed by atoms with Gasteiger partial charge in [-0.15, -0.1) is 11.3 Å². The van der Waals surface area contributed by atoms with Gasteiger partial charge in [-0.05, 0) is 48.5 Å². The van der Waals surface area contributed by atoms with E-state index in [-0.39, 0.29) is 47.0 Å². The second-order valence-corrected chi connectivity index (χ2v) is 16.5. The zero-order valence-corrected chi connectivity index (χ0v) is 34.2. The van der Waals surface area contributed by atoms with Crippen LogP contribution in [-0.2, 0) is 0 Å². The lowest BCUT2D eigenvalue weighted by Crippen LogP contribution is -2.05. The van der Waals surface area contributed by atoms with Gasteiger partial charge in [0.1, 0.15) is 0 Å². The molecule has 0 unspecified atom stereocenters. The van der Waals surface area contributed by atoms with Gasteiger partial charge in [0.25, 0.3) is 0 Å². The summed E-state index contributed by atoms with van der Waals surface area (Å²) in [4.78, 5) is 16.1. The van der Waals surface area contributed by atoms with Crippen LogP contribution in [0.1, 0.15) is 8.22 Å². The van der Waals surface area contributed by atoms with Crippen LogP contribution in [-0.4, -0.2) is 24.1 Å². The summed E-state index contributed by atoms with van der Waals surface area (Å²) in [5, 5.41) is 4.63. The molecule has 0 fully saturated rings. The number of benzene rings is 9. The second kappa shape index (κ2) is 14.2. The van der Waals surface area contributed by atoms with Gasteiger partial charge in [0.15, 0.2) is 17.5 Å². The highest BCUT2D eigenvalue weighted by molar-refractivity contribution is 7.26. The smallest absolute Gasteiger partial charge is 0.166 e. The number of fused-ring (bicyclic) bond motifs is 9. The molecular weight excluding hydrogens is 787 g/mol. The van der Waals surface area contributed by atoms with Crippen LogP contribution in [0.25, 0.3) is 120 Å². The fourth-order valence-electron chi connectivity index (χ4n) is 9.28. The van der Waals surface area contributed by atoms with Crippen molar-refractivity contribution in [3.63, 3.8) is 0 Å². The minimum atomic E-state index is -0.311. The van der Waals surface area contributed by atoms with Gasteiger partial charge in [-0.25, -0.2) is 15.0 Å². The molecule has 5 nitrogen and oxygen atoms in total. The number of thiophene rings is 1. The number of rotatable bonds is 6. The third-order valence-corrected chi connectivity index (χ3v) is 13.1. The van der Waals surface area contributed by atoms with E-state index in [0.717, 1.165) is 60.4 Å². The highest BCUT2D eigenvalue weighted by atomic mass is 32.1. The molecule has 4 aromatic heterocycles. The summed E-state index contributed by atoms with van der Waals surface area (Å²) >= 11 is 1.22. The lowest BCUT2D eigenvalue weighted by Gasteiger charge is -2.19. The van der Waals surface area contributed by atoms with Crippen LogP contribution >= 0.6 is 11.3 Å². The zero-order chi connectivity index (χ0) is 46.7. The molecule has 294 valence electrons. The molecular formula is C57H35N5S. The molecule has 0 aliphatic heterocycles. The van der Waals surface area contributed by atoms with Crippen LogP contribution < -0.4 is 0 Å². The lowest BCUT2D eigenvalue weighted by atomic mass is 9.97. The molecule has 0 saturated heterocycles. The van der Waals surface area contributed by atoms with Crippen molar-refractivity contribution in [2.24, 2.45) is 0 Å². The van der Waals surface area contributed by atoms with E-state index in [1.807, 2.05) is 97.1 Å². The maximum absolute atomic E-state index is 9.72. The summed E-state index contributed by atoms with van der Waals surface area (Å²) in [6.07, 6.45) is 0. The first-order valence-corrected chi connectivity index (χ1v) is 21.5. The molecule has 13 aromatic rings. The Morgan fingerprint density at radius 3 is 1.71 bits per heavy atom. The van der Waals surface area contributed by atoms with Gasteiger partial charge in [0.05, 0.1) is 36.0 Å². The summed E-state index contributed by atoms with van der Waals surface area (Å²) < 4.78 is 60.1. The number of nitrogens with zero attached hydrogens (tertiary/aromatic N) is 5. The van der Waals surface area contributed by atoms with Crippen LogP contribution in [0.5, 0.6) is 0 Å². The van der Waals surface area contributed by atoms with E-state index in [0.29, 0.717) is 49.3 Å². The summed E-state index contributed by atoms with van der Waals surface area (Å²) in [7, 11) is 0. The standard InChI is InChI=1S/C57H35N5S/c1-3-18-36(19-4-1)55-58-56(45-29-17-34-50-52(45)44-25-9-13-33-49(44)61(50)37-20-5-2-6-21-37)60-57(59-55)46-30-15-26-41(43-28-16-27-42-40-24-10-14-35-51(40)63-54(42)43)53(46)62-47-31-11-7-22-38(47)39-23-8-12-32-48(39)62/h1-35H/i10D,16D,24D,27D,28D,35D. The van der Waals surface area contributed by atoms with Crippen molar-refractivity contribution < 1.29 is 8.22 Å². The Morgan fingerprint density at radius 1 is 0.381 bits per heavy atom. The Bertz CT molecular complexity index is 4220. The van der Waals surface area contributed by atoms with Crippen molar-refractivity contribution in [1.29, 1.82) is 0 Å². The lowest BCUT2D eigenvalue weighted by molar-refractivity contribution is 1.07. The molecule has 63 heavy (non-hydrogen) atoms. The van der Waals surface area contributed by atoms with E-state index in [4.69, 9.17) is 19.1 Å². The van der Waals surface area contributed by atoms with Gasteiger partial charge < -0.3 is 9.13 Å². The molecule has 4 heterocycles. The zero-order valence-electron chi connectivity index (χ0n) is 39.4. The first-order valence-electron chi connectivity index (χ1n) is 23.7. The molecule has 0 N–H and O–H groups in total. The Balaban J connectivity index is 1.18. The third-order valence-electron chi connectivity index (χ3n) is 12.0.